The van der Waals surface area contributed by atoms with Gasteiger partial charge >= 0.3 is 30.2 Å². The van der Waals surface area contributed by atoms with Crippen LogP contribution in [0, 0.1) is 0 Å². The molecule has 13 heteroatoms. The molecule has 2 unspecified atom stereocenters. The van der Waals surface area contributed by atoms with Gasteiger partial charge in [0.2, 0.25) is 5.60 Å². The first-order chi connectivity index (χ1) is 10.7. The van der Waals surface area contributed by atoms with Crippen molar-refractivity contribution >= 4 is 23.9 Å². The lowest BCUT2D eigenvalue weighted by Gasteiger charge is -2.34. The van der Waals surface area contributed by atoms with Crippen LogP contribution in [-0.4, -0.2) is 61.9 Å². The number of carbonyl (C=O) groups is 4. The van der Waals surface area contributed by atoms with E-state index in [-0.39, 0.29) is 0 Å². The van der Waals surface area contributed by atoms with Crippen molar-refractivity contribution in [1.82, 2.24) is 0 Å². The van der Waals surface area contributed by atoms with Gasteiger partial charge in [0.15, 0.2) is 0 Å². The second-order valence-corrected chi connectivity index (χ2v) is 4.33. The van der Waals surface area contributed by atoms with Crippen molar-refractivity contribution in [2.75, 3.05) is 0 Å². The molecule has 0 aliphatic heterocycles. The number of hydrogen-bond donors (Lipinski definition) is 4. The van der Waals surface area contributed by atoms with Crippen LogP contribution in [0.15, 0.2) is 23.3 Å². The third-order valence-corrected chi connectivity index (χ3v) is 2.85. The number of carboxylic acid groups (broad SMARTS) is 4. The largest absolute Gasteiger partial charge is 0.524 e. The fourth-order valence-corrected chi connectivity index (χ4v) is 1.87. The summed E-state index contributed by atoms with van der Waals surface area (Å²) in [7, 11) is 0. The Morgan fingerprint density at radius 1 is 0.875 bits per heavy atom. The van der Waals surface area contributed by atoms with Gasteiger partial charge in [0, 0.05) is 0 Å². The van der Waals surface area contributed by atoms with E-state index < -0.39 is 64.8 Å². The molecule has 1 rings (SSSR count). The number of carboxylic acids is 4. The molecule has 0 aromatic rings. The van der Waals surface area contributed by atoms with E-state index in [1.807, 2.05) is 0 Å². The Labute approximate surface area is 128 Å². The number of halogens is 4. The van der Waals surface area contributed by atoms with Gasteiger partial charge in [-0.2, -0.15) is 0 Å². The van der Waals surface area contributed by atoms with Gasteiger partial charge in [0.1, 0.15) is 0 Å². The smallest absolute Gasteiger partial charge is 0.479 e. The van der Waals surface area contributed by atoms with Crippen LogP contribution in [0.5, 0.6) is 0 Å². The predicted octanol–water partition coefficient (Wildman–Crippen LogP) is 0.175. The molecule has 0 radical (unpaired) electrons. The summed E-state index contributed by atoms with van der Waals surface area (Å²) in [6.07, 6.45) is -6.91. The molecule has 1 aliphatic carbocycles. The molecular weight excluding hydrogens is 352 g/mol. The van der Waals surface area contributed by atoms with Crippen LogP contribution in [0.4, 0.5) is 17.6 Å². The standard InChI is InChI=1S/C11H6F4O9/c12-9(7(20)21)1-4(6(18)19)10(8(22)23,24-11(13,14)15)2-3(9)5(16)17/h1-2H,(H,16,17)(H,18,19)(H,20,21)(H,22,23). The van der Waals surface area contributed by atoms with Crippen LogP contribution in [-0.2, 0) is 23.9 Å². The summed E-state index contributed by atoms with van der Waals surface area (Å²) in [5, 5.41) is 35.3. The van der Waals surface area contributed by atoms with Gasteiger partial charge in [0.25, 0.3) is 5.67 Å². The monoisotopic (exact) mass is 358 g/mol. The van der Waals surface area contributed by atoms with E-state index in [1.54, 1.807) is 0 Å². The zero-order valence-corrected chi connectivity index (χ0v) is 11.0. The molecule has 24 heavy (non-hydrogen) atoms. The Kier molecular flexibility index (Phi) is 4.45. The normalized spacial score (nSPS) is 27.0. The average molecular weight is 358 g/mol. The summed E-state index contributed by atoms with van der Waals surface area (Å²) in [5.41, 5.74) is -12.0. The molecule has 0 saturated carbocycles. The molecule has 132 valence electrons. The summed E-state index contributed by atoms with van der Waals surface area (Å²) in [4.78, 5) is 44.1. The maximum absolute atomic E-state index is 14.3. The third kappa shape index (κ3) is 3.05. The fraction of sp³-hybridized carbons (Fsp3) is 0.273. The topological polar surface area (TPSA) is 158 Å². The average Bonchev–Trinajstić information content (AvgIpc) is 2.37. The van der Waals surface area contributed by atoms with E-state index in [2.05, 4.69) is 4.74 Å². The van der Waals surface area contributed by atoms with Crippen molar-refractivity contribution in [2.24, 2.45) is 0 Å². The number of ether oxygens (including phenoxy) is 1. The second kappa shape index (κ2) is 5.59. The first-order valence-corrected chi connectivity index (χ1v) is 5.53. The van der Waals surface area contributed by atoms with Gasteiger partial charge in [-0.1, -0.05) is 0 Å². The van der Waals surface area contributed by atoms with Crippen LogP contribution in [0.2, 0.25) is 0 Å². The number of hydrogen-bond acceptors (Lipinski definition) is 5. The van der Waals surface area contributed by atoms with E-state index >= 15 is 0 Å². The van der Waals surface area contributed by atoms with Crippen molar-refractivity contribution in [3.8, 4) is 0 Å². The summed E-state index contributed by atoms with van der Waals surface area (Å²) in [6, 6.07) is 0. The lowest BCUT2D eigenvalue weighted by molar-refractivity contribution is -0.348. The molecule has 0 aromatic heterocycles. The lowest BCUT2D eigenvalue weighted by atomic mass is 9.78. The number of aliphatic carboxylic acids is 4. The Morgan fingerprint density at radius 2 is 1.33 bits per heavy atom. The molecule has 2 atom stereocenters. The molecule has 0 saturated heterocycles. The molecule has 0 bridgehead atoms. The zero-order chi connectivity index (χ0) is 19.1. The first kappa shape index (κ1) is 19.1. The Hall–Kier alpha value is -2.96. The molecule has 0 heterocycles. The van der Waals surface area contributed by atoms with Gasteiger partial charge in [-0.25, -0.2) is 23.6 Å². The van der Waals surface area contributed by atoms with E-state index in [4.69, 9.17) is 20.4 Å². The Morgan fingerprint density at radius 3 is 1.62 bits per heavy atom. The van der Waals surface area contributed by atoms with Crippen molar-refractivity contribution < 1.29 is 61.9 Å². The maximum Gasteiger partial charge on any atom is 0.524 e. The molecular formula is C11H6F4O9. The van der Waals surface area contributed by atoms with Gasteiger partial charge in [0.05, 0.1) is 11.1 Å². The molecule has 0 spiro atoms. The van der Waals surface area contributed by atoms with Gasteiger partial charge in [-0.15, -0.1) is 13.2 Å². The Balaban J connectivity index is 3.86. The summed E-state index contributed by atoms with van der Waals surface area (Å²) in [6.45, 7) is 0. The minimum absolute atomic E-state index is 0.553. The SMILES string of the molecule is O=C(O)C1=CC(OC(F)(F)F)(C(=O)O)C(C(=O)O)=CC1(F)C(=O)O. The highest BCUT2D eigenvalue weighted by molar-refractivity contribution is 6.08. The lowest BCUT2D eigenvalue weighted by Crippen LogP contribution is -2.53. The zero-order valence-electron chi connectivity index (χ0n) is 11.0. The predicted molar refractivity (Wildman–Crippen MR) is 60.4 cm³/mol. The molecule has 0 amide bonds. The van der Waals surface area contributed by atoms with E-state index in [1.165, 1.54) is 0 Å². The van der Waals surface area contributed by atoms with Crippen LogP contribution < -0.4 is 0 Å². The highest BCUT2D eigenvalue weighted by Gasteiger charge is 2.60. The Bertz CT molecular complexity index is 692. The summed E-state index contributed by atoms with van der Waals surface area (Å²) < 4.78 is 55.0. The first-order valence-electron chi connectivity index (χ1n) is 5.53. The van der Waals surface area contributed by atoms with Crippen LogP contribution in [0.25, 0.3) is 0 Å². The summed E-state index contributed by atoms with van der Waals surface area (Å²) >= 11 is 0. The third-order valence-electron chi connectivity index (χ3n) is 2.85. The van der Waals surface area contributed by atoms with Gasteiger partial charge in [-0.3, -0.25) is 4.74 Å². The van der Waals surface area contributed by atoms with Crippen LogP contribution >= 0.6 is 0 Å². The minimum Gasteiger partial charge on any atom is -0.479 e. The molecule has 0 aromatic carbocycles. The van der Waals surface area contributed by atoms with E-state index in [0.29, 0.717) is 0 Å². The van der Waals surface area contributed by atoms with Crippen molar-refractivity contribution in [3.63, 3.8) is 0 Å². The molecule has 0 fully saturated rings. The van der Waals surface area contributed by atoms with Gasteiger partial charge in [-0.05, 0) is 12.2 Å². The van der Waals surface area contributed by atoms with Gasteiger partial charge < -0.3 is 20.4 Å². The minimum atomic E-state index is -5.79. The number of alkyl halides is 4. The molecule has 4 N–H and O–H groups in total. The number of rotatable bonds is 5. The molecule has 9 nitrogen and oxygen atoms in total. The van der Waals surface area contributed by atoms with E-state index in [9.17, 15) is 36.7 Å². The van der Waals surface area contributed by atoms with Crippen LogP contribution in [0.1, 0.15) is 0 Å². The van der Waals surface area contributed by atoms with E-state index in [0.717, 1.165) is 0 Å². The second-order valence-electron chi connectivity index (χ2n) is 4.33. The van der Waals surface area contributed by atoms with Crippen LogP contribution in [0.3, 0.4) is 0 Å². The van der Waals surface area contributed by atoms with Crippen molar-refractivity contribution in [2.45, 2.75) is 17.6 Å². The van der Waals surface area contributed by atoms with Crippen molar-refractivity contribution in [3.05, 3.63) is 23.3 Å². The fourth-order valence-electron chi connectivity index (χ4n) is 1.87. The highest BCUT2D eigenvalue weighted by Crippen LogP contribution is 2.42. The highest BCUT2D eigenvalue weighted by atomic mass is 19.4. The molecule has 1 aliphatic rings. The quantitative estimate of drug-likeness (QED) is 0.503. The van der Waals surface area contributed by atoms with Crippen molar-refractivity contribution in [1.29, 1.82) is 0 Å². The summed E-state index contributed by atoms with van der Waals surface area (Å²) in [5.74, 6) is -10.1. The maximum atomic E-state index is 14.3.